The largest absolute Gasteiger partial charge is 0.544 e. The Balaban J connectivity index is 2.37. The number of fused-ring (bicyclic) bond motifs is 1. The van der Waals surface area contributed by atoms with E-state index in [1.165, 1.54) is 0 Å². The summed E-state index contributed by atoms with van der Waals surface area (Å²) < 4.78 is 0. The number of nitrogens with one attached hydrogen (secondary N) is 1. The number of H-pyrrole nitrogens is 1. The average Bonchev–Trinajstić information content (AvgIpc) is 2.61. The molecular formula is C12H14N2O2. The summed E-state index contributed by atoms with van der Waals surface area (Å²) in [7, 11) is 0. The van der Waals surface area contributed by atoms with E-state index < -0.39 is 12.0 Å². The predicted octanol–water partition coefficient (Wildman–Crippen LogP) is -0.621. The summed E-state index contributed by atoms with van der Waals surface area (Å²) in [4.78, 5) is 13.8. The molecule has 16 heavy (non-hydrogen) atoms. The third-order valence-corrected chi connectivity index (χ3v) is 2.72. The third-order valence-electron chi connectivity index (χ3n) is 2.72. The maximum absolute atomic E-state index is 10.6. The van der Waals surface area contributed by atoms with Gasteiger partial charge in [-0.15, -0.1) is 0 Å². The van der Waals surface area contributed by atoms with E-state index in [2.05, 4.69) is 10.7 Å². The normalized spacial score (nSPS) is 12.9. The van der Waals surface area contributed by atoms with Crippen molar-refractivity contribution in [2.24, 2.45) is 0 Å². The lowest BCUT2D eigenvalue weighted by molar-refractivity contribution is -0.436. The molecule has 0 aliphatic carbocycles. The van der Waals surface area contributed by atoms with Crippen molar-refractivity contribution in [3.8, 4) is 0 Å². The molecule has 4 nitrogen and oxygen atoms in total. The number of carboxylic acid groups (broad SMARTS) is 1. The van der Waals surface area contributed by atoms with E-state index in [-0.39, 0.29) is 0 Å². The lowest BCUT2D eigenvalue weighted by Crippen LogP contribution is -2.69. The van der Waals surface area contributed by atoms with E-state index in [1.54, 1.807) is 0 Å². The summed E-state index contributed by atoms with van der Waals surface area (Å²) >= 11 is 0. The minimum absolute atomic E-state index is 0.395. The van der Waals surface area contributed by atoms with Crippen LogP contribution in [0, 0.1) is 6.92 Å². The SMILES string of the molecule is Cc1ccc2[nH]cc(C[C@H]([NH3+])C(=O)[O-])c2c1. The molecule has 0 aliphatic rings. The van der Waals surface area contributed by atoms with Gasteiger partial charge in [0.15, 0.2) is 0 Å². The van der Waals surface area contributed by atoms with Gasteiger partial charge in [0.05, 0.1) is 5.97 Å². The van der Waals surface area contributed by atoms with Crippen molar-refractivity contribution < 1.29 is 15.6 Å². The number of carbonyl (C=O) groups excluding carboxylic acids is 1. The number of hydrogen-bond acceptors (Lipinski definition) is 2. The molecular weight excluding hydrogens is 204 g/mol. The number of quaternary nitrogens is 1. The molecule has 0 aliphatic heterocycles. The van der Waals surface area contributed by atoms with Crippen molar-refractivity contribution in [1.82, 2.24) is 4.98 Å². The predicted molar refractivity (Wildman–Crippen MR) is 58.4 cm³/mol. The lowest BCUT2D eigenvalue weighted by Gasteiger charge is -2.08. The molecule has 0 spiro atoms. The van der Waals surface area contributed by atoms with Gasteiger partial charge in [-0.3, -0.25) is 0 Å². The fourth-order valence-corrected chi connectivity index (χ4v) is 1.81. The van der Waals surface area contributed by atoms with Gasteiger partial charge in [0.2, 0.25) is 0 Å². The molecule has 2 aromatic rings. The van der Waals surface area contributed by atoms with Crippen LogP contribution in [0.2, 0.25) is 0 Å². The van der Waals surface area contributed by atoms with E-state index in [9.17, 15) is 9.90 Å². The first-order chi connectivity index (χ1) is 7.58. The number of aliphatic carboxylic acids is 1. The highest BCUT2D eigenvalue weighted by molar-refractivity contribution is 5.84. The van der Waals surface area contributed by atoms with Crippen LogP contribution in [-0.4, -0.2) is 17.0 Å². The van der Waals surface area contributed by atoms with E-state index in [1.807, 2.05) is 31.3 Å². The highest BCUT2D eigenvalue weighted by Gasteiger charge is 2.12. The van der Waals surface area contributed by atoms with Crippen LogP contribution in [0.5, 0.6) is 0 Å². The molecule has 1 atom stereocenters. The Morgan fingerprint density at radius 1 is 1.56 bits per heavy atom. The van der Waals surface area contributed by atoms with Crippen molar-refractivity contribution in [3.05, 3.63) is 35.5 Å². The first-order valence-electron chi connectivity index (χ1n) is 5.18. The number of aryl methyl sites for hydroxylation is 1. The molecule has 1 aromatic heterocycles. The zero-order chi connectivity index (χ0) is 11.7. The topological polar surface area (TPSA) is 83.6 Å². The Bertz CT molecular complexity index is 531. The van der Waals surface area contributed by atoms with E-state index in [0.717, 1.165) is 22.0 Å². The average molecular weight is 218 g/mol. The van der Waals surface area contributed by atoms with Gasteiger partial charge in [0.1, 0.15) is 6.04 Å². The van der Waals surface area contributed by atoms with Crippen LogP contribution >= 0.6 is 0 Å². The molecule has 2 rings (SSSR count). The first kappa shape index (κ1) is 10.7. The quantitative estimate of drug-likeness (QED) is 0.719. The van der Waals surface area contributed by atoms with Crippen molar-refractivity contribution in [2.75, 3.05) is 0 Å². The third kappa shape index (κ3) is 1.92. The Kier molecular flexibility index (Phi) is 2.66. The molecule has 84 valence electrons. The molecule has 0 amide bonds. The molecule has 0 radical (unpaired) electrons. The monoisotopic (exact) mass is 218 g/mol. The Morgan fingerprint density at radius 3 is 3.00 bits per heavy atom. The first-order valence-corrected chi connectivity index (χ1v) is 5.18. The summed E-state index contributed by atoms with van der Waals surface area (Å²) in [6.45, 7) is 2.01. The summed E-state index contributed by atoms with van der Waals surface area (Å²) in [5.74, 6) is -1.11. The molecule has 0 saturated carbocycles. The standard InChI is InChI=1S/C12H14N2O2/c1-7-2-3-11-9(4-7)8(6-14-11)5-10(13)12(15)16/h2-4,6,10,14H,5,13H2,1H3,(H,15,16)/t10-/m0/s1. The smallest absolute Gasteiger partial charge is 0.129 e. The fraction of sp³-hybridized carbons (Fsp3) is 0.250. The Hall–Kier alpha value is -1.81. The summed E-state index contributed by atoms with van der Waals surface area (Å²) in [6.07, 6.45) is 2.23. The van der Waals surface area contributed by atoms with Gasteiger partial charge in [-0.2, -0.15) is 0 Å². The van der Waals surface area contributed by atoms with Crippen molar-refractivity contribution >= 4 is 16.9 Å². The molecule has 0 unspecified atom stereocenters. The maximum Gasteiger partial charge on any atom is 0.129 e. The van der Waals surface area contributed by atoms with E-state index in [4.69, 9.17) is 0 Å². The summed E-state index contributed by atoms with van der Waals surface area (Å²) in [5.41, 5.74) is 6.72. The van der Waals surface area contributed by atoms with Gasteiger partial charge in [0, 0.05) is 23.5 Å². The van der Waals surface area contributed by atoms with Crippen LogP contribution in [-0.2, 0) is 11.2 Å². The highest BCUT2D eigenvalue weighted by atomic mass is 16.4. The number of hydrogen-bond donors (Lipinski definition) is 2. The van der Waals surface area contributed by atoms with Gasteiger partial charge >= 0.3 is 0 Å². The van der Waals surface area contributed by atoms with Crippen molar-refractivity contribution in [3.63, 3.8) is 0 Å². The minimum Gasteiger partial charge on any atom is -0.544 e. The molecule has 1 aromatic carbocycles. The lowest BCUT2D eigenvalue weighted by atomic mass is 10.0. The van der Waals surface area contributed by atoms with Gasteiger partial charge < -0.3 is 20.6 Å². The van der Waals surface area contributed by atoms with E-state index in [0.29, 0.717) is 6.42 Å². The van der Waals surface area contributed by atoms with Crippen LogP contribution in [0.15, 0.2) is 24.4 Å². The van der Waals surface area contributed by atoms with Crippen LogP contribution in [0.1, 0.15) is 11.1 Å². The molecule has 0 fully saturated rings. The van der Waals surface area contributed by atoms with Crippen LogP contribution in [0.25, 0.3) is 10.9 Å². The van der Waals surface area contributed by atoms with Crippen LogP contribution < -0.4 is 10.8 Å². The van der Waals surface area contributed by atoms with Crippen LogP contribution in [0.3, 0.4) is 0 Å². The van der Waals surface area contributed by atoms with Crippen LogP contribution in [0.4, 0.5) is 0 Å². The number of aromatic nitrogens is 1. The number of rotatable bonds is 3. The number of carboxylic acids is 1. The molecule has 0 bridgehead atoms. The fourth-order valence-electron chi connectivity index (χ4n) is 1.81. The Labute approximate surface area is 93.1 Å². The number of carbonyl (C=O) groups is 1. The van der Waals surface area contributed by atoms with Gasteiger partial charge in [0.25, 0.3) is 0 Å². The van der Waals surface area contributed by atoms with Gasteiger partial charge in [-0.1, -0.05) is 11.6 Å². The van der Waals surface area contributed by atoms with Gasteiger partial charge in [-0.25, -0.2) is 0 Å². The second-order valence-corrected chi connectivity index (χ2v) is 4.08. The maximum atomic E-state index is 10.6. The second-order valence-electron chi connectivity index (χ2n) is 4.08. The molecule has 4 heteroatoms. The van der Waals surface area contributed by atoms with Crippen molar-refractivity contribution in [2.45, 2.75) is 19.4 Å². The second kappa shape index (κ2) is 3.98. The Morgan fingerprint density at radius 2 is 2.31 bits per heavy atom. The zero-order valence-electron chi connectivity index (χ0n) is 9.12. The minimum atomic E-state index is -1.11. The summed E-state index contributed by atoms with van der Waals surface area (Å²) in [6, 6.07) is 5.34. The van der Waals surface area contributed by atoms with Gasteiger partial charge in [-0.05, 0) is 24.6 Å². The number of aromatic amines is 1. The molecule has 1 heterocycles. The molecule has 0 saturated heterocycles. The summed E-state index contributed by atoms with van der Waals surface area (Å²) in [5, 5.41) is 11.7. The van der Waals surface area contributed by atoms with Crippen molar-refractivity contribution in [1.29, 1.82) is 0 Å². The highest BCUT2D eigenvalue weighted by Crippen LogP contribution is 2.20. The zero-order valence-corrected chi connectivity index (χ0v) is 9.12. The molecule has 4 N–H and O–H groups in total. The van der Waals surface area contributed by atoms with E-state index >= 15 is 0 Å². The number of benzene rings is 1.